The number of ether oxygens (including phenoxy) is 1. The van der Waals surface area contributed by atoms with Crippen molar-refractivity contribution < 1.29 is 14.6 Å². The molecule has 2 rings (SSSR count). The topological polar surface area (TPSA) is 51.5 Å². The van der Waals surface area contributed by atoms with Crippen molar-refractivity contribution in [1.82, 2.24) is 4.57 Å². The lowest BCUT2D eigenvalue weighted by atomic mass is 10.2. The summed E-state index contributed by atoms with van der Waals surface area (Å²) in [6, 6.07) is 9.49. The summed E-state index contributed by atoms with van der Waals surface area (Å²) < 4.78 is 7.19. The second-order valence-electron chi connectivity index (χ2n) is 4.53. The van der Waals surface area contributed by atoms with Crippen LogP contribution in [0.4, 0.5) is 0 Å². The fraction of sp³-hybridized carbons (Fsp3) is 0.267. The highest BCUT2D eigenvalue weighted by molar-refractivity contribution is 5.89. The van der Waals surface area contributed by atoms with Gasteiger partial charge in [-0.15, -0.1) is 0 Å². The van der Waals surface area contributed by atoms with Crippen molar-refractivity contribution in [1.29, 1.82) is 0 Å². The van der Waals surface area contributed by atoms with Gasteiger partial charge in [-0.2, -0.15) is 0 Å². The smallest absolute Gasteiger partial charge is 0.337 e. The molecule has 4 heteroatoms. The SMILES string of the molecule is COc1cccc(Cn2c(C)cc(C(=O)O)c2C)c1. The van der Waals surface area contributed by atoms with Crippen LogP contribution in [0.25, 0.3) is 0 Å². The Balaban J connectivity index is 2.35. The summed E-state index contributed by atoms with van der Waals surface area (Å²) in [6.07, 6.45) is 0. The summed E-state index contributed by atoms with van der Waals surface area (Å²) in [5.74, 6) is -0.0802. The van der Waals surface area contributed by atoms with E-state index in [1.54, 1.807) is 13.2 Å². The van der Waals surface area contributed by atoms with E-state index in [1.165, 1.54) is 0 Å². The van der Waals surface area contributed by atoms with Crippen LogP contribution in [0.1, 0.15) is 27.3 Å². The van der Waals surface area contributed by atoms with Crippen LogP contribution in [-0.2, 0) is 6.54 Å². The average molecular weight is 259 g/mol. The zero-order chi connectivity index (χ0) is 14.0. The number of hydrogen-bond donors (Lipinski definition) is 1. The fourth-order valence-electron chi connectivity index (χ4n) is 2.21. The molecule has 0 bridgehead atoms. The Morgan fingerprint density at radius 2 is 2.05 bits per heavy atom. The summed E-state index contributed by atoms with van der Waals surface area (Å²) in [6.45, 7) is 4.39. The van der Waals surface area contributed by atoms with Crippen LogP contribution in [0.3, 0.4) is 0 Å². The number of aromatic carboxylic acids is 1. The van der Waals surface area contributed by atoms with E-state index in [0.29, 0.717) is 12.1 Å². The van der Waals surface area contributed by atoms with Crippen LogP contribution in [0, 0.1) is 13.8 Å². The number of carbonyl (C=O) groups is 1. The Morgan fingerprint density at radius 1 is 1.32 bits per heavy atom. The second-order valence-corrected chi connectivity index (χ2v) is 4.53. The third-order valence-electron chi connectivity index (χ3n) is 3.28. The summed E-state index contributed by atoms with van der Waals surface area (Å²) in [5, 5.41) is 9.12. The summed E-state index contributed by atoms with van der Waals surface area (Å²) in [5.41, 5.74) is 3.16. The standard InChI is InChI=1S/C15H17NO3/c1-10-7-14(15(17)18)11(2)16(10)9-12-5-4-6-13(8-12)19-3/h4-8H,9H2,1-3H3,(H,17,18). The minimum atomic E-state index is -0.884. The lowest BCUT2D eigenvalue weighted by Crippen LogP contribution is -2.06. The zero-order valence-electron chi connectivity index (χ0n) is 11.3. The van der Waals surface area contributed by atoms with Crippen molar-refractivity contribution in [3.8, 4) is 5.75 Å². The molecule has 0 atom stereocenters. The van der Waals surface area contributed by atoms with E-state index < -0.39 is 5.97 Å². The summed E-state index contributed by atoms with van der Waals surface area (Å²) >= 11 is 0. The molecule has 0 aliphatic rings. The van der Waals surface area contributed by atoms with E-state index in [4.69, 9.17) is 9.84 Å². The minimum Gasteiger partial charge on any atom is -0.497 e. The van der Waals surface area contributed by atoms with Gasteiger partial charge in [0.25, 0.3) is 0 Å². The molecule has 1 aromatic carbocycles. The molecule has 19 heavy (non-hydrogen) atoms. The van der Waals surface area contributed by atoms with Crippen LogP contribution in [0.5, 0.6) is 5.75 Å². The first kappa shape index (κ1) is 13.2. The number of carboxylic acid groups (broad SMARTS) is 1. The Hall–Kier alpha value is -2.23. The van der Waals surface area contributed by atoms with Gasteiger partial charge in [0.2, 0.25) is 0 Å². The predicted octanol–water partition coefficient (Wildman–Crippen LogP) is 2.86. The number of hydrogen-bond acceptors (Lipinski definition) is 2. The number of aromatic nitrogens is 1. The largest absolute Gasteiger partial charge is 0.497 e. The van der Waals surface area contributed by atoms with Gasteiger partial charge in [-0.1, -0.05) is 12.1 Å². The van der Waals surface area contributed by atoms with Crippen molar-refractivity contribution >= 4 is 5.97 Å². The Kier molecular flexibility index (Phi) is 3.60. The molecule has 1 heterocycles. The highest BCUT2D eigenvalue weighted by Crippen LogP contribution is 2.19. The molecule has 0 saturated heterocycles. The first-order valence-corrected chi connectivity index (χ1v) is 6.06. The van der Waals surface area contributed by atoms with Crippen LogP contribution in [0.2, 0.25) is 0 Å². The maximum atomic E-state index is 11.1. The predicted molar refractivity (Wildman–Crippen MR) is 73.0 cm³/mol. The Morgan fingerprint density at radius 3 is 2.63 bits per heavy atom. The minimum absolute atomic E-state index is 0.361. The lowest BCUT2D eigenvalue weighted by molar-refractivity contribution is 0.0696. The molecule has 0 aliphatic heterocycles. The molecular formula is C15H17NO3. The van der Waals surface area contributed by atoms with Crippen LogP contribution in [0.15, 0.2) is 30.3 Å². The number of nitrogens with zero attached hydrogens (tertiary/aromatic N) is 1. The van der Waals surface area contributed by atoms with Crippen molar-refractivity contribution in [3.63, 3.8) is 0 Å². The quantitative estimate of drug-likeness (QED) is 0.918. The van der Waals surface area contributed by atoms with Gasteiger partial charge in [0.05, 0.1) is 12.7 Å². The van der Waals surface area contributed by atoms with Crippen molar-refractivity contribution in [2.75, 3.05) is 7.11 Å². The molecule has 0 spiro atoms. The molecule has 1 N–H and O–H groups in total. The molecular weight excluding hydrogens is 242 g/mol. The average Bonchev–Trinajstić information content (AvgIpc) is 2.67. The zero-order valence-corrected chi connectivity index (χ0v) is 11.3. The molecule has 2 aromatic rings. The van der Waals surface area contributed by atoms with E-state index in [1.807, 2.05) is 42.7 Å². The number of benzene rings is 1. The molecule has 0 saturated carbocycles. The Labute approximate surface area is 112 Å². The maximum absolute atomic E-state index is 11.1. The molecule has 4 nitrogen and oxygen atoms in total. The molecule has 0 fully saturated rings. The van der Waals surface area contributed by atoms with Gasteiger partial charge in [0.15, 0.2) is 0 Å². The van der Waals surface area contributed by atoms with Gasteiger partial charge in [0.1, 0.15) is 5.75 Å². The van der Waals surface area contributed by atoms with Crippen molar-refractivity contribution in [2.24, 2.45) is 0 Å². The van der Waals surface area contributed by atoms with E-state index in [2.05, 4.69) is 0 Å². The molecule has 100 valence electrons. The van der Waals surface area contributed by atoms with Crippen molar-refractivity contribution in [2.45, 2.75) is 20.4 Å². The molecule has 0 unspecified atom stereocenters. The second kappa shape index (κ2) is 5.18. The first-order chi connectivity index (χ1) is 9.02. The third kappa shape index (κ3) is 2.62. The van der Waals surface area contributed by atoms with E-state index in [9.17, 15) is 4.79 Å². The first-order valence-electron chi connectivity index (χ1n) is 6.06. The monoisotopic (exact) mass is 259 g/mol. The molecule has 0 aliphatic carbocycles. The van der Waals surface area contributed by atoms with Crippen LogP contribution in [-0.4, -0.2) is 22.8 Å². The third-order valence-corrected chi connectivity index (χ3v) is 3.28. The lowest BCUT2D eigenvalue weighted by Gasteiger charge is -2.10. The van der Waals surface area contributed by atoms with E-state index >= 15 is 0 Å². The van der Waals surface area contributed by atoms with Crippen LogP contribution >= 0.6 is 0 Å². The summed E-state index contributed by atoms with van der Waals surface area (Å²) in [7, 11) is 1.63. The van der Waals surface area contributed by atoms with Gasteiger partial charge >= 0.3 is 5.97 Å². The normalized spacial score (nSPS) is 10.5. The number of carboxylic acids is 1. The van der Waals surface area contributed by atoms with Gasteiger partial charge in [-0.3, -0.25) is 0 Å². The summed E-state index contributed by atoms with van der Waals surface area (Å²) in [4.78, 5) is 11.1. The molecule has 1 aromatic heterocycles. The fourth-order valence-corrected chi connectivity index (χ4v) is 2.21. The van der Waals surface area contributed by atoms with E-state index in [-0.39, 0.29) is 0 Å². The number of rotatable bonds is 4. The van der Waals surface area contributed by atoms with E-state index in [0.717, 1.165) is 22.7 Å². The maximum Gasteiger partial charge on any atom is 0.337 e. The Bertz CT molecular complexity index is 614. The van der Waals surface area contributed by atoms with Gasteiger partial charge < -0.3 is 14.4 Å². The van der Waals surface area contributed by atoms with Gasteiger partial charge in [-0.25, -0.2) is 4.79 Å². The van der Waals surface area contributed by atoms with Gasteiger partial charge in [-0.05, 0) is 37.6 Å². The number of aryl methyl sites for hydroxylation is 1. The van der Waals surface area contributed by atoms with Crippen LogP contribution < -0.4 is 4.74 Å². The molecule has 0 radical (unpaired) electrons. The van der Waals surface area contributed by atoms with Crippen molar-refractivity contribution in [3.05, 3.63) is 52.8 Å². The number of methoxy groups -OCH3 is 1. The van der Waals surface area contributed by atoms with Gasteiger partial charge in [0, 0.05) is 17.9 Å². The highest BCUT2D eigenvalue weighted by Gasteiger charge is 2.14. The highest BCUT2D eigenvalue weighted by atomic mass is 16.5. The molecule has 0 amide bonds.